The van der Waals surface area contributed by atoms with Crippen molar-refractivity contribution in [2.75, 3.05) is 20.2 Å². The van der Waals surface area contributed by atoms with Crippen LogP contribution in [-0.2, 0) is 17.9 Å². The molecule has 1 unspecified atom stereocenters. The standard InChI is InChI=1S/C18H22FN3O3/c1-25-16-6-2-4-14(18(16)19)11-21-9-3-5-13(10-21)15-7-8-20-22(15)12-17(23)24/h2,4,6-8,13H,3,5,9-12H2,1H3,(H,23,24). The van der Waals surface area contributed by atoms with Crippen LogP contribution in [0.4, 0.5) is 4.39 Å². The zero-order chi connectivity index (χ0) is 17.8. The van der Waals surface area contributed by atoms with Crippen LogP contribution in [0, 0.1) is 5.82 Å². The number of hydrogen-bond acceptors (Lipinski definition) is 4. The fourth-order valence-electron chi connectivity index (χ4n) is 3.47. The summed E-state index contributed by atoms with van der Waals surface area (Å²) in [4.78, 5) is 13.2. The van der Waals surface area contributed by atoms with Crippen molar-refractivity contribution in [3.8, 4) is 5.75 Å². The predicted molar refractivity (Wildman–Crippen MR) is 90.1 cm³/mol. The summed E-state index contributed by atoms with van der Waals surface area (Å²) in [5.74, 6) is -0.769. The van der Waals surface area contributed by atoms with Crippen molar-refractivity contribution in [2.24, 2.45) is 0 Å². The first-order chi connectivity index (χ1) is 12.1. The Bertz CT molecular complexity index is 747. The summed E-state index contributed by atoms with van der Waals surface area (Å²) in [6.45, 7) is 2.01. The molecule has 2 aromatic rings. The molecule has 3 rings (SSSR count). The topological polar surface area (TPSA) is 67.6 Å². The number of nitrogens with zero attached hydrogens (tertiary/aromatic N) is 3. The quantitative estimate of drug-likeness (QED) is 0.870. The molecule has 1 atom stereocenters. The molecule has 1 aromatic carbocycles. The molecule has 0 radical (unpaired) electrons. The van der Waals surface area contributed by atoms with E-state index in [1.54, 1.807) is 29.1 Å². The molecule has 1 aromatic heterocycles. The van der Waals surface area contributed by atoms with Crippen molar-refractivity contribution in [3.63, 3.8) is 0 Å². The first-order valence-corrected chi connectivity index (χ1v) is 8.35. The highest BCUT2D eigenvalue weighted by Crippen LogP contribution is 2.29. The van der Waals surface area contributed by atoms with Gasteiger partial charge in [-0.05, 0) is 31.5 Å². The van der Waals surface area contributed by atoms with Gasteiger partial charge < -0.3 is 9.84 Å². The summed E-state index contributed by atoms with van der Waals surface area (Å²) >= 11 is 0. The van der Waals surface area contributed by atoms with Gasteiger partial charge in [-0.15, -0.1) is 0 Å². The summed E-state index contributed by atoms with van der Waals surface area (Å²) in [5.41, 5.74) is 1.54. The molecular formula is C18H22FN3O3. The maximum absolute atomic E-state index is 14.4. The van der Waals surface area contributed by atoms with Crippen molar-refractivity contribution in [3.05, 3.63) is 47.5 Å². The van der Waals surface area contributed by atoms with Gasteiger partial charge in [0, 0.05) is 36.5 Å². The molecule has 25 heavy (non-hydrogen) atoms. The van der Waals surface area contributed by atoms with Gasteiger partial charge in [0.15, 0.2) is 11.6 Å². The molecule has 0 bridgehead atoms. The van der Waals surface area contributed by atoms with Crippen LogP contribution in [0.1, 0.15) is 30.0 Å². The van der Waals surface area contributed by atoms with Crippen LogP contribution in [0.3, 0.4) is 0 Å². The lowest BCUT2D eigenvalue weighted by atomic mass is 9.94. The number of hydrogen-bond donors (Lipinski definition) is 1. The molecule has 0 saturated carbocycles. The molecule has 6 nitrogen and oxygen atoms in total. The number of carboxylic acids is 1. The smallest absolute Gasteiger partial charge is 0.325 e. The Morgan fingerprint density at radius 2 is 2.28 bits per heavy atom. The van der Waals surface area contributed by atoms with Crippen LogP contribution in [0.15, 0.2) is 30.5 Å². The molecule has 0 aliphatic carbocycles. The Kier molecular flexibility index (Phi) is 5.33. The first kappa shape index (κ1) is 17.4. The van der Waals surface area contributed by atoms with Gasteiger partial charge >= 0.3 is 5.97 Å². The second-order valence-corrected chi connectivity index (χ2v) is 6.32. The summed E-state index contributed by atoms with van der Waals surface area (Å²) in [5, 5.41) is 13.1. The van der Waals surface area contributed by atoms with E-state index in [1.165, 1.54) is 7.11 Å². The highest BCUT2D eigenvalue weighted by Gasteiger charge is 2.25. The minimum Gasteiger partial charge on any atom is -0.494 e. The molecule has 0 amide bonds. The van der Waals surface area contributed by atoms with Gasteiger partial charge in [0.2, 0.25) is 0 Å². The summed E-state index contributed by atoms with van der Waals surface area (Å²) in [6.07, 6.45) is 3.59. The third kappa shape index (κ3) is 3.99. The van der Waals surface area contributed by atoms with Crippen LogP contribution in [-0.4, -0.2) is 46.0 Å². The average molecular weight is 347 g/mol. The molecule has 7 heteroatoms. The molecule has 1 aliphatic heterocycles. The van der Waals surface area contributed by atoms with Gasteiger partial charge in [-0.25, -0.2) is 4.39 Å². The Balaban J connectivity index is 1.72. The van der Waals surface area contributed by atoms with Crippen molar-refractivity contribution < 1.29 is 19.0 Å². The average Bonchev–Trinajstić information content (AvgIpc) is 3.04. The molecule has 1 N–H and O–H groups in total. The molecule has 1 fully saturated rings. The van der Waals surface area contributed by atoms with Gasteiger partial charge in [-0.3, -0.25) is 14.4 Å². The Labute approximate surface area is 145 Å². The van der Waals surface area contributed by atoms with Gasteiger partial charge in [-0.1, -0.05) is 12.1 Å². The number of halogens is 1. The van der Waals surface area contributed by atoms with Crippen LogP contribution < -0.4 is 4.74 Å². The van der Waals surface area contributed by atoms with E-state index in [2.05, 4.69) is 10.00 Å². The van der Waals surface area contributed by atoms with E-state index in [9.17, 15) is 9.18 Å². The van der Waals surface area contributed by atoms with Crippen LogP contribution >= 0.6 is 0 Å². The number of carboxylic acid groups (broad SMARTS) is 1. The van der Waals surface area contributed by atoms with Gasteiger partial charge in [0.05, 0.1) is 7.11 Å². The molecular weight excluding hydrogens is 325 g/mol. The van der Waals surface area contributed by atoms with E-state index in [0.29, 0.717) is 12.1 Å². The summed E-state index contributed by atoms with van der Waals surface area (Å²) in [7, 11) is 1.46. The Hall–Kier alpha value is -2.41. The first-order valence-electron chi connectivity index (χ1n) is 8.35. The number of carbonyl (C=O) groups is 1. The van der Waals surface area contributed by atoms with Crippen molar-refractivity contribution in [1.29, 1.82) is 0 Å². The number of benzene rings is 1. The number of aromatic nitrogens is 2. The normalized spacial score (nSPS) is 18.2. The molecule has 134 valence electrons. The minimum absolute atomic E-state index is 0.136. The van der Waals surface area contributed by atoms with E-state index in [0.717, 1.165) is 31.6 Å². The monoisotopic (exact) mass is 347 g/mol. The number of methoxy groups -OCH3 is 1. The molecule has 2 heterocycles. The third-order valence-corrected chi connectivity index (χ3v) is 4.62. The van der Waals surface area contributed by atoms with E-state index < -0.39 is 5.97 Å². The van der Waals surface area contributed by atoms with E-state index in [4.69, 9.17) is 9.84 Å². The minimum atomic E-state index is -0.906. The van der Waals surface area contributed by atoms with Crippen molar-refractivity contribution >= 4 is 5.97 Å². The summed E-state index contributed by atoms with van der Waals surface area (Å²) < 4.78 is 21.0. The highest BCUT2D eigenvalue weighted by atomic mass is 19.1. The number of ether oxygens (including phenoxy) is 1. The number of aliphatic carboxylic acids is 1. The highest BCUT2D eigenvalue weighted by molar-refractivity contribution is 5.66. The SMILES string of the molecule is COc1cccc(CN2CCCC(c3ccnn3CC(=O)O)C2)c1F. The molecule has 1 saturated heterocycles. The number of piperidine rings is 1. The number of likely N-dealkylation sites (tertiary alicyclic amines) is 1. The second kappa shape index (κ2) is 7.65. The number of rotatable bonds is 6. The Morgan fingerprint density at radius 1 is 1.44 bits per heavy atom. The van der Waals surface area contributed by atoms with Gasteiger partial charge in [0.1, 0.15) is 6.54 Å². The van der Waals surface area contributed by atoms with Crippen molar-refractivity contribution in [2.45, 2.75) is 31.8 Å². The Morgan fingerprint density at radius 3 is 3.04 bits per heavy atom. The largest absolute Gasteiger partial charge is 0.494 e. The second-order valence-electron chi connectivity index (χ2n) is 6.32. The lowest BCUT2D eigenvalue weighted by molar-refractivity contribution is -0.137. The zero-order valence-corrected chi connectivity index (χ0v) is 14.2. The summed E-state index contributed by atoms with van der Waals surface area (Å²) in [6, 6.07) is 7.06. The maximum Gasteiger partial charge on any atom is 0.325 e. The lowest BCUT2D eigenvalue weighted by Crippen LogP contribution is -2.35. The van der Waals surface area contributed by atoms with E-state index in [1.807, 2.05) is 6.07 Å². The fourth-order valence-corrected chi connectivity index (χ4v) is 3.47. The van der Waals surface area contributed by atoms with Crippen LogP contribution in [0.25, 0.3) is 0 Å². The third-order valence-electron chi connectivity index (χ3n) is 4.62. The zero-order valence-electron chi connectivity index (χ0n) is 14.2. The molecule has 1 aliphatic rings. The van der Waals surface area contributed by atoms with Gasteiger partial charge in [-0.2, -0.15) is 5.10 Å². The van der Waals surface area contributed by atoms with Crippen LogP contribution in [0.2, 0.25) is 0 Å². The lowest BCUT2D eigenvalue weighted by Gasteiger charge is -2.33. The van der Waals surface area contributed by atoms with Crippen molar-refractivity contribution in [1.82, 2.24) is 14.7 Å². The predicted octanol–water partition coefficient (Wildman–Crippen LogP) is 2.50. The van der Waals surface area contributed by atoms with Gasteiger partial charge in [0.25, 0.3) is 0 Å². The van der Waals surface area contributed by atoms with E-state index >= 15 is 0 Å². The fraction of sp³-hybridized carbons (Fsp3) is 0.444. The maximum atomic E-state index is 14.4. The molecule has 0 spiro atoms. The van der Waals surface area contributed by atoms with Crippen LogP contribution in [0.5, 0.6) is 5.75 Å². The van der Waals surface area contributed by atoms with E-state index in [-0.39, 0.29) is 24.0 Å².